The highest BCUT2D eigenvalue weighted by Gasteiger charge is 2.63. The van der Waals surface area contributed by atoms with E-state index in [1.807, 2.05) is 43.0 Å². The van der Waals surface area contributed by atoms with E-state index in [2.05, 4.69) is 25.6 Å². The zero-order valence-corrected chi connectivity index (χ0v) is 28.5. The van der Waals surface area contributed by atoms with E-state index in [1.165, 1.54) is 0 Å². The number of unbranched alkanes of at least 4 members (excludes halogenated alkanes) is 2. The van der Waals surface area contributed by atoms with Crippen molar-refractivity contribution in [1.82, 2.24) is 0 Å². The molecule has 6 unspecified atom stereocenters. The van der Waals surface area contributed by atoms with Gasteiger partial charge < -0.3 is 29.3 Å². The van der Waals surface area contributed by atoms with E-state index in [9.17, 15) is 15.0 Å². The maximum absolute atomic E-state index is 11.5. The number of aliphatic hydroxyl groups is 2. The second kappa shape index (κ2) is 16.8. The third-order valence-corrected chi connectivity index (χ3v) is 10.8. The van der Waals surface area contributed by atoms with Crippen LogP contribution in [-0.2, 0) is 9.57 Å². The molecule has 1 heterocycles. The predicted octanol–water partition coefficient (Wildman–Crippen LogP) is 7.70. The number of fused-ring (bicyclic) bond motifs is 2. The number of thioether (sulfide) groups is 1. The molecule has 0 amide bonds. The first-order valence-electron chi connectivity index (χ1n) is 17.1. The minimum Gasteiger partial charge on any atom is -0.460 e. The molecule has 0 radical (unpaired) electrons. The van der Waals surface area contributed by atoms with Crippen molar-refractivity contribution in [1.29, 1.82) is 0 Å². The molecular weight excluding hydrogens is 614 g/mol. The second-order valence-electron chi connectivity index (χ2n) is 12.4. The van der Waals surface area contributed by atoms with Crippen molar-refractivity contribution in [2.24, 2.45) is 22.9 Å². The third-order valence-electron chi connectivity index (χ3n) is 9.52. The van der Waals surface area contributed by atoms with Crippen molar-refractivity contribution < 1.29 is 34.1 Å². The molecule has 6 atom stereocenters. The van der Waals surface area contributed by atoms with Gasteiger partial charge in [-0.15, -0.1) is 6.58 Å². The number of ether oxygens (including phenoxy) is 3. The van der Waals surface area contributed by atoms with Crippen LogP contribution in [-0.4, -0.2) is 65.4 Å². The summed E-state index contributed by atoms with van der Waals surface area (Å²) in [6.07, 6.45) is 10.8. The van der Waals surface area contributed by atoms with Crippen LogP contribution in [0.2, 0.25) is 0 Å². The Bertz CT molecular complexity index is 1430. The van der Waals surface area contributed by atoms with Crippen LogP contribution in [0.5, 0.6) is 17.2 Å². The number of aldehydes is 1. The van der Waals surface area contributed by atoms with Gasteiger partial charge in [0.2, 0.25) is 5.79 Å². The Hall–Kier alpha value is -3.11. The van der Waals surface area contributed by atoms with Crippen molar-refractivity contribution in [3.05, 3.63) is 77.9 Å². The van der Waals surface area contributed by atoms with Crippen LogP contribution >= 0.6 is 11.8 Å². The lowest BCUT2D eigenvalue weighted by Crippen LogP contribution is -2.64. The van der Waals surface area contributed by atoms with E-state index in [1.54, 1.807) is 18.2 Å². The largest absolute Gasteiger partial charge is 0.460 e. The molecule has 3 aliphatic rings. The molecule has 0 bridgehead atoms. The molecule has 2 aromatic carbocycles. The lowest BCUT2D eigenvalue weighted by molar-refractivity contribution is -0.223. The summed E-state index contributed by atoms with van der Waals surface area (Å²) in [5.41, 5.74) is 3.66. The fourth-order valence-electron chi connectivity index (χ4n) is 7.67. The van der Waals surface area contributed by atoms with E-state index >= 15 is 0 Å². The maximum Gasteiger partial charge on any atom is 0.230 e. The molecule has 2 aromatic rings. The van der Waals surface area contributed by atoms with Crippen LogP contribution in [0.1, 0.15) is 80.6 Å². The molecule has 5 rings (SSSR count). The van der Waals surface area contributed by atoms with Gasteiger partial charge in [0.25, 0.3) is 0 Å². The first kappa shape index (κ1) is 35.2. The molecule has 1 aliphatic heterocycles. The first-order valence-corrected chi connectivity index (χ1v) is 18.1. The lowest BCUT2D eigenvalue weighted by atomic mass is 9.56. The van der Waals surface area contributed by atoms with Crippen molar-refractivity contribution in [2.45, 2.75) is 75.7 Å². The number of hydrogen-bond acceptors (Lipinski definition) is 9. The molecule has 1 fully saturated rings. The summed E-state index contributed by atoms with van der Waals surface area (Å²) >= 11 is 1.82. The SMILES string of the molecule is C=CCOC12Oc3ccc(Oc4cccc(C=O)c4)cc3C3C(CCCCO)C(CCCCO)C=C(C(=NOCC)CC1SCC)C32. The lowest BCUT2D eigenvalue weighted by Gasteiger charge is -2.58. The number of allylic oxidation sites excluding steroid dienone is 1. The van der Waals surface area contributed by atoms with Gasteiger partial charge >= 0.3 is 0 Å². The van der Waals surface area contributed by atoms with Crippen LogP contribution in [0.4, 0.5) is 0 Å². The minimum absolute atomic E-state index is 0.00155. The van der Waals surface area contributed by atoms with Gasteiger partial charge in [-0.25, -0.2) is 0 Å². The fraction of sp³-hybridized carbons (Fsp3) is 0.526. The van der Waals surface area contributed by atoms with Crippen LogP contribution in [0.3, 0.4) is 0 Å². The van der Waals surface area contributed by atoms with Crippen molar-refractivity contribution >= 4 is 23.8 Å². The number of oxime groups is 1. The van der Waals surface area contributed by atoms with E-state index in [0.717, 1.165) is 73.2 Å². The standard InChI is InChI=1S/C38H49NO7S/c1-4-20-43-38-35(47-6-3)24-33(39-44-5-2)31-22-27(13-7-9-18-40)30(15-8-10-19-41)36(37(31)38)32-23-29(16-17-34(32)46-38)45-28-14-11-12-26(21-28)25-42/h4,11-12,14,16-17,21-23,25,27,30,35-37,40-41H,1,5-10,13,15,18-20,24H2,2-3H3. The summed E-state index contributed by atoms with van der Waals surface area (Å²) in [6.45, 7) is 9.22. The summed E-state index contributed by atoms with van der Waals surface area (Å²) in [5.74, 6) is 2.21. The van der Waals surface area contributed by atoms with Gasteiger partial charge in [-0.1, -0.05) is 49.2 Å². The molecular formula is C38H49NO7S. The number of nitrogens with zero attached hydrogens (tertiary/aromatic N) is 1. The summed E-state index contributed by atoms with van der Waals surface area (Å²) in [7, 11) is 0. The Morgan fingerprint density at radius 1 is 1.06 bits per heavy atom. The van der Waals surface area contributed by atoms with Crippen molar-refractivity contribution in [3.8, 4) is 17.2 Å². The normalized spacial score (nSPS) is 26.9. The monoisotopic (exact) mass is 663 g/mol. The molecule has 0 saturated heterocycles. The van der Waals surface area contributed by atoms with E-state index in [-0.39, 0.29) is 42.1 Å². The Morgan fingerprint density at radius 3 is 2.57 bits per heavy atom. The van der Waals surface area contributed by atoms with Gasteiger partial charge in [-0.05, 0) is 86.1 Å². The molecule has 2 N–H and O–H groups in total. The number of carbonyl (C=O) groups is 1. The Balaban J connectivity index is 1.70. The number of carbonyl (C=O) groups excluding carboxylic acids is 1. The van der Waals surface area contributed by atoms with Gasteiger partial charge in [0.15, 0.2) is 0 Å². The topological polar surface area (TPSA) is 107 Å². The van der Waals surface area contributed by atoms with E-state index in [4.69, 9.17) is 24.2 Å². The molecule has 8 nitrogen and oxygen atoms in total. The van der Waals surface area contributed by atoms with Crippen LogP contribution < -0.4 is 9.47 Å². The Kier molecular flexibility index (Phi) is 12.6. The third kappa shape index (κ3) is 7.64. The molecule has 47 heavy (non-hydrogen) atoms. The molecule has 254 valence electrons. The van der Waals surface area contributed by atoms with Crippen LogP contribution in [0.25, 0.3) is 0 Å². The summed E-state index contributed by atoms with van der Waals surface area (Å²) in [5, 5.41) is 24.1. The molecule has 1 saturated carbocycles. The summed E-state index contributed by atoms with van der Waals surface area (Å²) in [6, 6.07) is 13.1. The van der Waals surface area contributed by atoms with Gasteiger partial charge in [-0.3, -0.25) is 4.79 Å². The Labute approximate surface area is 283 Å². The molecule has 2 aliphatic carbocycles. The highest BCUT2D eigenvalue weighted by Crippen LogP contribution is 2.62. The average molecular weight is 664 g/mol. The van der Waals surface area contributed by atoms with E-state index in [0.29, 0.717) is 36.7 Å². The predicted molar refractivity (Wildman–Crippen MR) is 187 cm³/mol. The minimum atomic E-state index is -0.963. The Morgan fingerprint density at radius 2 is 1.85 bits per heavy atom. The number of rotatable bonds is 18. The van der Waals surface area contributed by atoms with Crippen molar-refractivity contribution in [2.75, 3.05) is 32.2 Å². The summed E-state index contributed by atoms with van der Waals surface area (Å²) < 4.78 is 20.3. The second-order valence-corrected chi connectivity index (χ2v) is 13.9. The fourth-order valence-corrected chi connectivity index (χ4v) is 8.84. The van der Waals surface area contributed by atoms with Gasteiger partial charge in [0.1, 0.15) is 30.1 Å². The molecule has 0 spiro atoms. The number of hydrogen-bond donors (Lipinski definition) is 2. The molecule has 0 aromatic heterocycles. The highest BCUT2D eigenvalue weighted by molar-refractivity contribution is 8.00. The molecule has 9 heteroatoms. The number of aliphatic hydroxyl groups excluding tert-OH is 2. The average Bonchev–Trinajstić information content (AvgIpc) is 3.09. The zero-order valence-electron chi connectivity index (χ0n) is 27.6. The first-order chi connectivity index (χ1) is 23.0. The zero-order chi connectivity index (χ0) is 33.2. The van der Waals surface area contributed by atoms with Crippen LogP contribution in [0.15, 0.2) is 71.9 Å². The summed E-state index contributed by atoms with van der Waals surface area (Å²) in [4.78, 5) is 17.2. The van der Waals surface area contributed by atoms with Gasteiger partial charge in [-0.2, -0.15) is 11.8 Å². The van der Waals surface area contributed by atoms with E-state index < -0.39 is 5.79 Å². The van der Waals surface area contributed by atoms with Crippen LogP contribution in [0, 0.1) is 17.8 Å². The quantitative estimate of drug-likeness (QED) is 0.0724. The highest BCUT2D eigenvalue weighted by atomic mass is 32.2. The van der Waals surface area contributed by atoms with Gasteiger partial charge in [0, 0.05) is 36.7 Å². The maximum atomic E-state index is 11.5. The van der Waals surface area contributed by atoms with Crippen molar-refractivity contribution in [3.63, 3.8) is 0 Å². The number of benzene rings is 2. The smallest absolute Gasteiger partial charge is 0.230 e. The van der Waals surface area contributed by atoms with Gasteiger partial charge in [0.05, 0.1) is 23.5 Å².